The van der Waals surface area contributed by atoms with Crippen molar-refractivity contribution in [2.75, 3.05) is 31.2 Å². The van der Waals surface area contributed by atoms with E-state index < -0.39 is 0 Å². The number of amides is 1. The van der Waals surface area contributed by atoms with Gasteiger partial charge in [-0.25, -0.2) is 4.68 Å². The molecule has 1 aliphatic heterocycles. The Bertz CT molecular complexity index is 399. The van der Waals surface area contributed by atoms with E-state index in [0.717, 1.165) is 31.7 Å². The van der Waals surface area contributed by atoms with Crippen molar-refractivity contribution in [2.45, 2.75) is 25.3 Å². The van der Waals surface area contributed by atoms with Gasteiger partial charge in [0.1, 0.15) is 5.82 Å². The molecule has 2 rings (SSSR count). The second kappa shape index (κ2) is 6.24. The van der Waals surface area contributed by atoms with Gasteiger partial charge in [-0.15, -0.1) is 0 Å². The normalized spacial score (nSPS) is 17.9. The van der Waals surface area contributed by atoms with Crippen LogP contribution in [-0.4, -0.2) is 46.5 Å². The fourth-order valence-electron chi connectivity index (χ4n) is 2.25. The van der Waals surface area contributed by atoms with E-state index in [1.165, 1.54) is 0 Å². The maximum Gasteiger partial charge on any atom is 0.226 e. The van der Waals surface area contributed by atoms with Crippen molar-refractivity contribution in [2.24, 2.45) is 0 Å². The first-order valence-corrected chi connectivity index (χ1v) is 6.96. The van der Waals surface area contributed by atoms with Crippen LogP contribution in [0.4, 0.5) is 5.82 Å². The van der Waals surface area contributed by atoms with Gasteiger partial charge in [0.25, 0.3) is 0 Å². The zero-order valence-electron chi connectivity index (χ0n) is 10.7. The third kappa shape index (κ3) is 3.26. The van der Waals surface area contributed by atoms with Crippen molar-refractivity contribution < 1.29 is 4.79 Å². The van der Waals surface area contributed by atoms with Crippen LogP contribution in [0.5, 0.6) is 0 Å². The summed E-state index contributed by atoms with van der Waals surface area (Å²) < 4.78 is 1.95. The van der Waals surface area contributed by atoms with Crippen molar-refractivity contribution in [1.29, 1.82) is 0 Å². The molecule has 0 spiro atoms. The van der Waals surface area contributed by atoms with E-state index in [9.17, 15) is 4.79 Å². The van der Waals surface area contributed by atoms with Crippen molar-refractivity contribution in [3.63, 3.8) is 0 Å². The highest BCUT2D eigenvalue weighted by Gasteiger charge is 2.21. The second-order valence-corrected chi connectivity index (χ2v) is 5.16. The van der Waals surface area contributed by atoms with Crippen LogP contribution in [0, 0.1) is 0 Å². The molecular formula is C12H20N4OS. The first kappa shape index (κ1) is 13.4. The lowest BCUT2D eigenvalue weighted by molar-refractivity contribution is -0.115. The molecule has 1 saturated heterocycles. The highest BCUT2D eigenvalue weighted by Crippen LogP contribution is 2.24. The number of thiol groups is 1. The van der Waals surface area contributed by atoms with E-state index >= 15 is 0 Å². The van der Waals surface area contributed by atoms with E-state index in [1.54, 1.807) is 6.20 Å². The molecule has 0 aromatic carbocycles. The summed E-state index contributed by atoms with van der Waals surface area (Å²) in [5, 5.41) is 7.24. The van der Waals surface area contributed by atoms with Crippen LogP contribution < -0.4 is 5.32 Å². The average molecular weight is 268 g/mol. The van der Waals surface area contributed by atoms with Crippen LogP contribution in [0.2, 0.25) is 0 Å². The summed E-state index contributed by atoms with van der Waals surface area (Å²) >= 11 is 4.06. The summed E-state index contributed by atoms with van der Waals surface area (Å²) in [6.07, 6.45) is 4.33. The molecule has 0 unspecified atom stereocenters. The topological polar surface area (TPSA) is 50.2 Å². The SMILES string of the molecule is CN1CCC(n2nccc2NC(=O)CCS)CC1. The summed E-state index contributed by atoms with van der Waals surface area (Å²) in [6, 6.07) is 2.25. The number of nitrogens with zero attached hydrogens (tertiary/aromatic N) is 3. The average Bonchev–Trinajstić information content (AvgIpc) is 2.78. The summed E-state index contributed by atoms with van der Waals surface area (Å²) in [4.78, 5) is 13.9. The van der Waals surface area contributed by atoms with Gasteiger partial charge < -0.3 is 10.2 Å². The van der Waals surface area contributed by atoms with Gasteiger partial charge >= 0.3 is 0 Å². The predicted octanol–water partition coefficient (Wildman–Crippen LogP) is 1.41. The molecule has 6 heteroatoms. The maximum atomic E-state index is 11.6. The Hall–Kier alpha value is -1.01. The summed E-state index contributed by atoms with van der Waals surface area (Å²) in [6.45, 7) is 2.16. The molecule has 1 aromatic heterocycles. The number of carbonyl (C=O) groups excluding carboxylic acids is 1. The Balaban J connectivity index is 2.01. The fourth-order valence-corrected chi connectivity index (χ4v) is 2.45. The van der Waals surface area contributed by atoms with Crippen molar-refractivity contribution in [3.05, 3.63) is 12.3 Å². The maximum absolute atomic E-state index is 11.6. The molecular weight excluding hydrogens is 248 g/mol. The molecule has 1 aromatic rings. The summed E-state index contributed by atoms with van der Waals surface area (Å²) in [5.41, 5.74) is 0. The van der Waals surface area contributed by atoms with Crippen LogP contribution in [0.15, 0.2) is 12.3 Å². The summed E-state index contributed by atoms with van der Waals surface area (Å²) in [5.74, 6) is 1.37. The van der Waals surface area contributed by atoms with E-state index in [1.807, 2.05) is 10.7 Å². The number of aromatic nitrogens is 2. The van der Waals surface area contributed by atoms with Crippen LogP contribution in [0.3, 0.4) is 0 Å². The van der Waals surface area contributed by atoms with Gasteiger partial charge in [-0.3, -0.25) is 4.79 Å². The van der Waals surface area contributed by atoms with Crippen LogP contribution in [0.25, 0.3) is 0 Å². The molecule has 0 radical (unpaired) electrons. The number of anilines is 1. The molecule has 1 amide bonds. The fraction of sp³-hybridized carbons (Fsp3) is 0.667. The van der Waals surface area contributed by atoms with Gasteiger partial charge in [-0.05, 0) is 38.7 Å². The third-order valence-corrected chi connectivity index (χ3v) is 3.53. The lowest BCUT2D eigenvalue weighted by Gasteiger charge is -2.29. The van der Waals surface area contributed by atoms with Crippen LogP contribution in [0.1, 0.15) is 25.3 Å². The Morgan fingerprint density at radius 1 is 1.56 bits per heavy atom. The first-order valence-electron chi connectivity index (χ1n) is 6.33. The third-order valence-electron chi connectivity index (χ3n) is 3.31. The number of hydrogen-bond acceptors (Lipinski definition) is 4. The largest absolute Gasteiger partial charge is 0.311 e. The molecule has 1 aliphatic rings. The molecule has 0 atom stereocenters. The second-order valence-electron chi connectivity index (χ2n) is 4.72. The molecule has 18 heavy (non-hydrogen) atoms. The lowest BCUT2D eigenvalue weighted by Crippen LogP contribution is -2.32. The Labute approximate surface area is 113 Å². The van der Waals surface area contributed by atoms with Gasteiger partial charge in [-0.2, -0.15) is 17.7 Å². The highest BCUT2D eigenvalue weighted by atomic mass is 32.1. The van der Waals surface area contributed by atoms with Gasteiger partial charge in [-0.1, -0.05) is 0 Å². The Morgan fingerprint density at radius 2 is 2.28 bits per heavy atom. The quantitative estimate of drug-likeness (QED) is 0.812. The molecule has 2 heterocycles. The minimum absolute atomic E-state index is 0.000299. The lowest BCUT2D eigenvalue weighted by atomic mass is 10.1. The zero-order valence-corrected chi connectivity index (χ0v) is 11.6. The number of rotatable bonds is 4. The Morgan fingerprint density at radius 3 is 2.94 bits per heavy atom. The number of piperidine rings is 1. The van der Waals surface area contributed by atoms with Crippen molar-refractivity contribution in [1.82, 2.24) is 14.7 Å². The van der Waals surface area contributed by atoms with E-state index in [2.05, 4.69) is 35.0 Å². The minimum atomic E-state index is -0.000299. The number of carbonyl (C=O) groups is 1. The molecule has 5 nitrogen and oxygen atoms in total. The Kier molecular flexibility index (Phi) is 4.66. The van der Waals surface area contributed by atoms with E-state index in [4.69, 9.17) is 0 Å². The smallest absolute Gasteiger partial charge is 0.226 e. The van der Waals surface area contributed by atoms with Gasteiger partial charge in [0.05, 0.1) is 12.2 Å². The molecule has 1 fully saturated rings. The zero-order chi connectivity index (χ0) is 13.0. The molecule has 0 saturated carbocycles. The molecule has 0 aliphatic carbocycles. The number of hydrogen-bond donors (Lipinski definition) is 2. The standard InChI is InChI=1S/C12H20N4OS/c1-15-7-3-10(4-8-15)16-11(2-6-13-16)14-12(17)5-9-18/h2,6,10,18H,3-5,7-9H2,1H3,(H,14,17). The van der Waals surface area contributed by atoms with E-state index in [0.29, 0.717) is 18.2 Å². The van der Waals surface area contributed by atoms with Gasteiger partial charge in [0.15, 0.2) is 0 Å². The predicted molar refractivity (Wildman–Crippen MR) is 75.1 cm³/mol. The monoisotopic (exact) mass is 268 g/mol. The first-order chi connectivity index (χ1) is 8.70. The minimum Gasteiger partial charge on any atom is -0.311 e. The van der Waals surface area contributed by atoms with Gasteiger partial charge in [0.2, 0.25) is 5.91 Å². The molecule has 0 bridgehead atoms. The van der Waals surface area contributed by atoms with Crippen molar-refractivity contribution in [3.8, 4) is 0 Å². The molecule has 100 valence electrons. The van der Waals surface area contributed by atoms with Crippen LogP contribution >= 0.6 is 12.6 Å². The van der Waals surface area contributed by atoms with Crippen LogP contribution in [-0.2, 0) is 4.79 Å². The van der Waals surface area contributed by atoms with E-state index in [-0.39, 0.29) is 5.91 Å². The number of nitrogens with one attached hydrogen (secondary N) is 1. The summed E-state index contributed by atoms with van der Waals surface area (Å²) in [7, 11) is 2.13. The van der Waals surface area contributed by atoms with Gasteiger partial charge in [0, 0.05) is 12.5 Å². The van der Waals surface area contributed by atoms with Crippen molar-refractivity contribution >= 4 is 24.4 Å². The highest BCUT2D eigenvalue weighted by molar-refractivity contribution is 7.80. The number of likely N-dealkylation sites (tertiary alicyclic amines) is 1. The molecule has 1 N–H and O–H groups in total.